The highest BCUT2D eigenvalue weighted by Crippen LogP contribution is 2.32. The molecule has 1 aromatic heterocycles. The van der Waals surface area contributed by atoms with Crippen LogP contribution in [-0.4, -0.2) is 41.3 Å². The summed E-state index contributed by atoms with van der Waals surface area (Å²) in [6, 6.07) is 24.9. The highest BCUT2D eigenvalue weighted by atomic mass is 32.1. The zero-order valence-electron chi connectivity index (χ0n) is 23.2. The topological polar surface area (TPSA) is 56.2 Å². The van der Waals surface area contributed by atoms with Gasteiger partial charge in [0.1, 0.15) is 28.7 Å². The maximum atomic E-state index is 13.5. The van der Waals surface area contributed by atoms with Crippen LogP contribution in [0.2, 0.25) is 0 Å². The molecular formula is C32H31N3O4S. The van der Waals surface area contributed by atoms with Gasteiger partial charge in [-0.15, -0.1) is 0 Å². The number of amides is 1. The molecule has 4 aromatic rings. The third-order valence-corrected chi connectivity index (χ3v) is 7.28. The van der Waals surface area contributed by atoms with Crippen molar-refractivity contribution in [2.24, 2.45) is 0 Å². The van der Waals surface area contributed by atoms with Gasteiger partial charge in [0, 0.05) is 24.1 Å². The van der Waals surface area contributed by atoms with Gasteiger partial charge in [-0.25, -0.2) is 0 Å². The van der Waals surface area contributed by atoms with Gasteiger partial charge in [0.2, 0.25) is 0 Å². The number of carbonyl (C=O) groups excluding carboxylic acids is 1. The van der Waals surface area contributed by atoms with Crippen LogP contribution in [-0.2, 0) is 4.79 Å². The lowest BCUT2D eigenvalue weighted by molar-refractivity contribution is -0.114. The highest BCUT2D eigenvalue weighted by molar-refractivity contribution is 7.80. The monoisotopic (exact) mass is 553 g/mol. The van der Waals surface area contributed by atoms with Gasteiger partial charge in [-0.05, 0) is 123 Å². The minimum Gasteiger partial charge on any atom is -0.497 e. The normalized spacial score (nSPS) is 14.3. The quantitative estimate of drug-likeness (QED) is 0.175. The summed E-state index contributed by atoms with van der Waals surface area (Å²) < 4.78 is 18.9. The van der Waals surface area contributed by atoms with Gasteiger partial charge < -0.3 is 23.7 Å². The molecule has 1 fully saturated rings. The number of hydrogen-bond donors (Lipinski definition) is 0. The van der Waals surface area contributed by atoms with E-state index >= 15 is 0 Å². The summed E-state index contributed by atoms with van der Waals surface area (Å²) in [4.78, 5) is 16.8. The molecule has 204 valence electrons. The zero-order valence-corrected chi connectivity index (χ0v) is 24.0. The fourth-order valence-electron chi connectivity index (χ4n) is 4.76. The minimum atomic E-state index is -0.165. The number of rotatable bonds is 8. The second kappa shape index (κ2) is 11.3. The number of anilines is 1. The number of thiocarbonyl (C=S) groups is 1. The Balaban J connectivity index is 1.38. The summed E-state index contributed by atoms with van der Waals surface area (Å²) in [5.41, 5.74) is 5.23. The Hall–Kier alpha value is -4.56. The summed E-state index contributed by atoms with van der Waals surface area (Å²) in [5, 5.41) is 0.432. The van der Waals surface area contributed by atoms with Crippen LogP contribution in [0.3, 0.4) is 0 Å². The molecule has 5 rings (SSSR count). The molecule has 3 aromatic carbocycles. The Morgan fingerprint density at radius 1 is 0.825 bits per heavy atom. The highest BCUT2D eigenvalue weighted by Gasteiger charge is 2.37. The Bertz CT molecular complexity index is 1570. The van der Waals surface area contributed by atoms with E-state index in [1.165, 1.54) is 0 Å². The van der Waals surface area contributed by atoms with Crippen LogP contribution in [0.1, 0.15) is 23.9 Å². The molecular weight excluding hydrogens is 522 g/mol. The van der Waals surface area contributed by atoms with Gasteiger partial charge in [-0.3, -0.25) is 9.69 Å². The molecule has 0 unspecified atom stereocenters. The van der Waals surface area contributed by atoms with Crippen molar-refractivity contribution in [3.8, 4) is 28.7 Å². The Kier molecular flexibility index (Phi) is 7.62. The van der Waals surface area contributed by atoms with E-state index in [9.17, 15) is 4.79 Å². The molecule has 0 atom stereocenters. The van der Waals surface area contributed by atoms with Crippen molar-refractivity contribution in [3.63, 3.8) is 0 Å². The van der Waals surface area contributed by atoms with Crippen molar-refractivity contribution in [3.05, 3.63) is 102 Å². The minimum absolute atomic E-state index is 0.165. The second-order valence-electron chi connectivity index (χ2n) is 9.37. The van der Waals surface area contributed by atoms with E-state index in [1.807, 2.05) is 107 Å². The zero-order chi connectivity index (χ0) is 28.4. The molecule has 8 heteroatoms. The van der Waals surface area contributed by atoms with Crippen LogP contribution in [0.4, 0.5) is 5.69 Å². The number of ether oxygens (including phenoxy) is 3. The average molecular weight is 554 g/mol. The van der Waals surface area contributed by atoms with Crippen LogP contribution >= 0.6 is 12.2 Å². The van der Waals surface area contributed by atoms with E-state index in [2.05, 4.69) is 10.6 Å². The lowest BCUT2D eigenvalue weighted by atomic mass is 10.2. The number of benzene rings is 3. The van der Waals surface area contributed by atoms with Gasteiger partial charge in [0.25, 0.3) is 5.91 Å². The number of methoxy groups -OCH3 is 1. The molecule has 1 aliphatic rings. The SMILES string of the molecule is CCOc1ccc(N2C(=O)/C(=C/c3cc(C)n(-c4ccc(Oc5ccc(OC)cc5)cc4)c3C)N(C)C2=S)cc1. The number of aromatic nitrogens is 1. The lowest BCUT2D eigenvalue weighted by Crippen LogP contribution is -2.31. The molecule has 0 aliphatic carbocycles. The molecule has 7 nitrogen and oxygen atoms in total. The van der Waals surface area contributed by atoms with Crippen LogP contribution in [0.15, 0.2) is 84.6 Å². The predicted molar refractivity (Wildman–Crippen MR) is 162 cm³/mol. The molecule has 0 saturated carbocycles. The molecule has 2 heterocycles. The fraction of sp³-hybridized carbons (Fsp3) is 0.188. The number of hydrogen-bond acceptors (Lipinski definition) is 5. The molecule has 0 bridgehead atoms. The Morgan fingerprint density at radius 2 is 1.38 bits per heavy atom. The van der Waals surface area contributed by atoms with Gasteiger partial charge in [-0.2, -0.15) is 0 Å². The summed E-state index contributed by atoms with van der Waals surface area (Å²) in [5.74, 6) is 2.84. The van der Waals surface area contributed by atoms with Crippen molar-refractivity contribution < 1.29 is 19.0 Å². The lowest BCUT2D eigenvalue weighted by Gasteiger charge is -2.16. The van der Waals surface area contributed by atoms with Gasteiger partial charge in [-0.1, -0.05) is 0 Å². The number of likely N-dealkylation sites (N-methyl/N-ethyl adjacent to an activating group) is 1. The van der Waals surface area contributed by atoms with Crippen molar-refractivity contribution in [2.75, 3.05) is 25.7 Å². The molecule has 40 heavy (non-hydrogen) atoms. The smallest absolute Gasteiger partial charge is 0.281 e. The molecule has 0 spiro atoms. The molecule has 1 saturated heterocycles. The number of carbonyl (C=O) groups is 1. The molecule has 1 amide bonds. The van der Waals surface area contributed by atoms with E-state index < -0.39 is 0 Å². The fourth-order valence-corrected chi connectivity index (χ4v) is 5.05. The number of nitrogens with zero attached hydrogens (tertiary/aromatic N) is 3. The summed E-state index contributed by atoms with van der Waals surface area (Å²) in [6.07, 6.45) is 1.91. The average Bonchev–Trinajstić information content (AvgIpc) is 3.36. The predicted octanol–water partition coefficient (Wildman–Crippen LogP) is 6.90. The Labute approximate surface area is 239 Å². The van der Waals surface area contributed by atoms with Crippen molar-refractivity contribution in [1.82, 2.24) is 9.47 Å². The third kappa shape index (κ3) is 5.18. The van der Waals surface area contributed by atoms with Crippen molar-refractivity contribution >= 4 is 35.0 Å². The maximum absolute atomic E-state index is 13.5. The summed E-state index contributed by atoms with van der Waals surface area (Å²) in [7, 11) is 3.46. The first-order chi connectivity index (χ1) is 19.3. The first-order valence-electron chi connectivity index (χ1n) is 13.0. The first kappa shape index (κ1) is 27.0. The molecule has 1 aliphatic heterocycles. The van der Waals surface area contributed by atoms with E-state index in [1.54, 1.807) is 16.9 Å². The van der Waals surface area contributed by atoms with Crippen LogP contribution in [0.25, 0.3) is 11.8 Å². The summed E-state index contributed by atoms with van der Waals surface area (Å²) >= 11 is 5.65. The standard InChI is InChI=1S/C32H31N3O4S/c1-6-38-27-11-7-25(8-12-27)35-31(36)30(33(4)32(35)40)20-23-19-21(2)34(22(23)3)24-9-13-28(14-10-24)39-29-17-15-26(37-5)16-18-29/h7-20H,6H2,1-5H3/b30-20-. The van der Waals surface area contributed by atoms with Gasteiger partial charge >= 0.3 is 0 Å². The van der Waals surface area contributed by atoms with Gasteiger partial charge in [0.15, 0.2) is 5.11 Å². The van der Waals surface area contributed by atoms with E-state index in [-0.39, 0.29) is 5.91 Å². The molecule has 0 N–H and O–H groups in total. The van der Waals surface area contributed by atoms with Crippen LogP contribution in [0.5, 0.6) is 23.0 Å². The van der Waals surface area contributed by atoms with E-state index in [4.69, 9.17) is 26.4 Å². The van der Waals surface area contributed by atoms with E-state index in [0.29, 0.717) is 23.1 Å². The first-order valence-corrected chi connectivity index (χ1v) is 13.4. The van der Waals surface area contributed by atoms with E-state index in [0.717, 1.165) is 45.6 Å². The Morgan fingerprint density at radius 3 is 1.98 bits per heavy atom. The van der Waals surface area contributed by atoms with Gasteiger partial charge in [0.05, 0.1) is 19.4 Å². The van der Waals surface area contributed by atoms with Crippen molar-refractivity contribution in [1.29, 1.82) is 0 Å². The maximum Gasteiger partial charge on any atom is 0.281 e. The largest absolute Gasteiger partial charge is 0.497 e. The number of aryl methyl sites for hydroxylation is 1. The molecule has 0 radical (unpaired) electrons. The van der Waals surface area contributed by atoms with Crippen LogP contribution in [0, 0.1) is 13.8 Å². The van der Waals surface area contributed by atoms with Crippen molar-refractivity contribution in [2.45, 2.75) is 20.8 Å². The second-order valence-corrected chi connectivity index (χ2v) is 9.74. The third-order valence-electron chi connectivity index (χ3n) is 6.82. The summed E-state index contributed by atoms with van der Waals surface area (Å²) in [6.45, 7) is 6.61. The van der Waals surface area contributed by atoms with Crippen LogP contribution < -0.4 is 19.1 Å².